The summed E-state index contributed by atoms with van der Waals surface area (Å²) in [6.45, 7) is 4.27. The van der Waals surface area contributed by atoms with Crippen LogP contribution in [0.5, 0.6) is 11.5 Å². The quantitative estimate of drug-likeness (QED) is 0.180. The average molecular weight is 562 g/mol. The van der Waals surface area contributed by atoms with Gasteiger partial charge in [0.1, 0.15) is 12.3 Å². The molecule has 0 radical (unpaired) electrons. The molecule has 4 aromatic rings. The molecule has 10 nitrogen and oxygen atoms in total. The van der Waals surface area contributed by atoms with Crippen molar-refractivity contribution in [2.75, 3.05) is 11.9 Å². The third-order valence-electron chi connectivity index (χ3n) is 5.95. The van der Waals surface area contributed by atoms with Crippen LogP contribution in [0, 0.1) is 6.92 Å². The molecule has 0 unspecified atom stereocenters. The van der Waals surface area contributed by atoms with Crippen molar-refractivity contribution in [1.82, 2.24) is 14.8 Å². The van der Waals surface area contributed by atoms with Crippen molar-refractivity contribution in [3.63, 3.8) is 0 Å². The maximum Gasteiger partial charge on any atom is 0.329 e. The number of halogens is 1. The van der Waals surface area contributed by atoms with Gasteiger partial charge < -0.3 is 14.8 Å². The highest BCUT2D eigenvalue weighted by atomic mass is 35.5. The van der Waals surface area contributed by atoms with Crippen LogP contribution in [0.15, 0.2) is 82.7 Å². The van der Waals surface area contributed by atoms with E-state index in [0.717, 1.165) is 5.56 Å². The Balaban J connectivity index is 1.39. The molecule has 0 spiro atoms. The van der Waals surface area contributed by atoms with Gasteiger partial charge in [0, 0.05) is 12.1 Å². The summed E-state index contributed by atoms with van der Waals surface area (Å²) in [5.41, 5.74) is 4.39. The fourth-order valence-corrected chi connectivity index (χ4v) is 3.96. The van der Waals surface area contributed by atoms with Gasteiger partial charge in [0.25, 0.3) is 5.56 Å². The van der Waals surface area contributed by atoms with Gasteiger partial charge >= 0.3 is 11.8 Å². The topological polar surface area (TPSA) is 116 Å². The maximum atomic E-state index is 13.0. The first-order chi connectivity index (χ1) is 19.3. The minimum Gasteiger partial charge on any atom is -0.490 e. The number of nitrogens with one attached hydrogen (secondary N) is 2. The number of anilines is 1. The summed E-state index contributed by atoms with van der Waals surface area (Å²) in [4.78, 5) is 37.9. The summed E-state index contributed by atoms with van der Waals surface area (Å²) >= 11 is 5.93. The summed E-state index contributed by atoms with van der Waals surface area (Å²) in [5, 5.41) is 6.92. The molecule has 2 amide bonds. The van der Waals surface area contributed by atoms with Crippen LogP contribution < -0.4 is 25.8 Å². The first-order valence-corrected chi connectivity index (χ1v) is 12.8. The molecular formula is C29H28ClN5O5. The molecule has 40 heavy (non-hydrogen) atoms. The molecular weight excluding hydrogens is 534 g/mol. The monoisotopic (exact) mass is 561 g/mol. The van der Waals surface area contributed by atoms with E-state index in [-0.39, 0.29) is 5.69 Å². The molecule has 3 aromatic carbocycles. The number of ether oxygens (including phenoxy) is 2. The first kappa shape index (κ1) is 28.2. The number of aromatic nitrogens is 2. The van der Waals surface area contributed by atoms with Gasteiger partial charge in [-0.3, -0.25) is 19.1 Å². The number of carbonyl (C=O) groups excluding carboxylic acids is 2. The smallest absolute Gasteiger partial charge is 0.329 e. The van der Waals surface area contributed by atoms with Crippen LogP contribution in [0.25, 0.3) is 5.69 Å². The predicted molar refractivity (Wildman–Crippen MR) is 154 cm³/mol. The summed E-state index contributed by atoms with van der Waals surface area (Å²) in [7, 11) is 1.69. The number of hydrogen-bond acceptors (Lipinski definition) is 6. The Kier molecular flexibility index (Phi) is 9.03. The molecule has 2 N–H and O–H groups in total. The Morgan fingerprint density at radius 3 is 2.40 bits per heavy atom. The normalized spacial score (nSPS) is 10.9. The number of rotatable bonds is 9. The van der Waals surface area contributed by atoms with Gasteiger partial charge in [0.15, 0.2) is 11.5 Å². The second kappa shape index (κ2) is 12.8. The second-order valence-corrected chi connectivity index (χ2v) is 9.08. The van der Waals surface area contributed by atoms with E-state index in [0.29, 0.717) is 46.7 Å². The highest BCUT2D eigenvalue weighted by Gasteiger charge is 2.21. The number of hydrazone groups is 1. The van der Waals surface area contributed by atoms with Gasteiger partial charge in [-0.1, -0.05) is 41.9 Å². The van der Waals surface area contributed by atoms with Crippen LogP contribution in [0.3, 0.4) is 0 Å². The molecule has 4 rings (SSSR count). The van der Waals surface area contributed by atoms with Crippen molar-refractivity contribution in [2.24, 2.45) is 12.1 Å². The minimum atomic E-state index is -1.03. The van der Waals surface area contributed by atoms with E-state index >= 15 is 0 Å². The van der Waals surface area contributed by atoms with Crippen molar-refractivity contribution in [3.8, 4) is 17.2 Å². The van der Waals surface area contributed by atoms with Crippen molar-refractivity contribution in [3.05, 3.63) is 105 Å². The SMILES string of the molecule is CCOc1cc(/C=N/NC(=O)C(=O)Nc2c(C)n(C)n(-c3ccccc3)c2=O)ccc1OCc1ccc(Cl)cc1. The molecule has 0 atom stereocenters. The van der Waals surface area contributed by atoms with E-state index < -0.39 is 17.4 Å². The lowest BCUT2D eigenvalue weighted by Crippen LogP contribution is -2.34. The molecule has 0 bridgehead atoms. The minimum absolute atomic E-state index is 0.00558. The second-order valence-electron chi connectivity index (χ2n) is 8.64. The van der Waals surface area contributed by atoms with E-state index in [1.54, 1.807) is 73.3 Å². The zero-order valence-electron chi connectivity index (χ0n) is 22.2. The Hall–Kier alpha value is -4.83. The molecule has 0 saturated heterocycles. The van der Waals surface area contributed by atoms with Crippen molar-refractivity contribution in [1.29, 1.82) is 0 Å². The molecule has 1 aromatic heterocycles. The van der Waals surface area contributed by atoms with Gasteiger partial charge in [0.05, 0.1) is 24.2 Å². The van der Waals surface area contributed by atoms with E-state index in [9.17, 15) is 14.4 Å². The molecule has 11 heteroatoms. The van der Waals surface area contributed by atoms with E-state index in [1.807, 2.05) is 25.1 Å². The van der Waals surface area contributed by atoms with Crippen LogP contribution in [0.4, 0.5) is 5.69 Å². The molecule has 0 aliphatic heterocycles. The van der Waals surface area contributed by atoms with E-state index in [1.165, 1.54) is 10.9 Å². The Morgan fingerprint density at radius 1 is 0.975 bits per heavy atom. The lowest BCUT2D eigenvalue weighted by atomic mass is 10.2. The third kappa shape index (κ3) is 6.59. The summed E-state index contributed by atoms with van der Waals surface area (Å²) in [6.07, 6.45) is 1.37. The zero-order chi connectivity index (χ0) is 28.6. The fraction of sp³-hybridized carbons (Fsp3) is 0.172. The van der Waals surface area contributed by atoms with Crippen LogP contribution in [-0.2, 0) is 23.2 Å². The standard InChI is InChI=1S/C29H28ClN5O5/c1-4-39-25-16-21(12-15-24(25)40-18-20-10-13-22(30)14-11-20)17-31-33-28(37)27(36)32-26-19(2)34(3)35(29(26)38)23-8-6-5-7-9-23/h5-17H,4,18H2,1-3H3,(H,32,36)(H,33,37)/b31-17+. The zero-order valence-corrected chi connectivity index (χ0v) is 22.9. The van der Waals surface area contributed by atoms with Crippen LogP contribution in [-0.4, -0.2) is 34.0 Å². The van der Waals surface area contributed by atoms with Crippen molar-refractivity contribution in [2.45, 2.75) is 20.5 Å². The first-order valence-electron chi connectivity index (χ1n) is 12.4. The maximum absolute atomic E-state index is 13.0. The molecule has 0 aliphatic carbocycles. The molecule has 0 saturated carbocycles. The summed E-state index contributed by atoms with van der Waals surface area (Å²) in [6, 6.07) is 21.5. The Morgan fingerprint density at radius 2 is 1.70 bits per heavy atom. The number of amides is 2. The number of carbonyl (C=O) groups is 2. The molecule has 0 fully saturated rings. The van der Waals surface area contributed by atoms with E-state index in [4.69, 9.17) is 21.1 Å². The van der Waals surface area contributed by atoms with Gasteiger partial charge in [-0.05, 0) is 67.4 Å². The van der Waals surface area contributed by atoms with Crippen molar-refractivity contribution >= 4 is 35.3 Å². The van der Waals surface area contributed by atoms with Crippen LogP contribution >= 0.6 is 11.6 Å². The average Bonchev–Trinajstić information content (AvgIpc) is 3.16. The van der Waals surface area contributed by atoms with Gasteiger partial charge in [-0.2, -0.15) is 5.10 Å². The molecule has 206 valence electrons. The Labute approximate surface area is 235 Å². The number of nitrogens with zero attached hydrogens (tertiary/aromatic N) is 3. The highest BCUT2D eigenvalue weighted by Crippen LogP contribution is 2.29. The number of hydrogen-bond donors (Lipinski definition) is 2. The van der Waals surface area contributed by atoms with Gasteiger partial charge in [-0.25, -0.2) is 10.1 Å². The Bertz CT molecular complexity index is 1590. The molecule has 1 heterocycles. The van der Waals surface area contributed by atoms with E-state index in [2.05, 4.69) is 15.8 Å². The summed E-state index contributed by atoms with van der Waals surface area (Å²) < 4.78 is 14.6. The van der Waals surface area contributed by atoms with Crippen molar-refractivity contribution < 1.29 is 19.1 Å². The van der Waals surface area contributed by atoms with Crippen LogP contribution in [0.2, 0.25) is 5.02 Å². The third-order valence-corrected chi connectivity index (χ3v) is 6.21. The summed E-state index contributed by atoms with van der Waals surface area (Å²) in [5.74, 6) is -1.02. The highest BCUT2D eigenvalue weighted by molar-refractivity contribution is 6.39. The van der Waals surface area contributed by atoms with Gasteiger partial charge in [0.2, 0.25) is 0 Å². The number of benzene rings is 3. The number of para-hydroxylation sites is 1. The fourth-order valence-electron chi connectivity index (χ4n) is 3.83. The van der Waals surface area contributed by atoms with Crippen LogP contribution in [0.1, 0.15) is 23.7 Å². The molecule has 0 aliphatic rings. The lowest BCUT2D eigenvalue weighted by Gasteiger charge is -2.12. The van der Waals surface area contributed by atoms with Gasteiger partial charge in [-0.15, -0.1) is 0 Å². The lowest BCUT2D eigenvalue weighted by molar-refractivity contribution is -0.136. The largest absolute Gasteiger partial charge is 0.490 e. The predicted octanol–water partition coefficient (Wildman–Crippen LogP) is 4.20.